The zero-order valence-electron chi connectivity index (χ0n) is 12.1. The summed E-state index contributed by atoms with van der Waals surface area (Å²) in [5.74, 6) is 0.812. The van der Waals surface area contributed by atoms with Crippen LogP contribution < -0.4 is 15.2 Å². The number of hydrogen-bond donors (Lipinski definition) is 1. The van der Waals surface area contributed by atoms with Gasteiger partial charge in [-0.05, 0) is 36.8 Å². The van der Waals surface area contributed by atoms with Crippen LogP contribution in [-0.2, 0) is 0 Å². The van der Waals surface area contributed by atoms with E-state index < -0.39 is 0 Å². The molecule has 0 saturated heterocycles. The highest BCUT2D eigenvalue weighted by molar-refractivity contribution is 6.36. The summed E-state index contributed by atoms with van der Waals surface area (Å²) in [6.45, 7) is 1.82. The van der Waals surface area contributed by atoms with Gasteiger partial charge in [-0.15, -0.1) is 0 Å². The molecule has 2 aromatic rings. The van der Waals surface area contributed by atoms with Gasteiger partial charge in [-0.2, -0.15) is 0 Å². The zero-order chi connectivity index (χ0) is 15.6. The topological polar surface area (TPSA) is 61.5 Å². The summed E-state index contributed by atoms with van der Waals surface area (Å²) in [6.07, 6.45) is 0. The lowest BCUT2D eigenvalue weighted by Gasteiger charge is -2.13. The van der Waals surface area contributed by atoms with Crippen LogP contribution in [0, 0.1) is 6.92 Å². The fourth-order valence-electron chi connectivity index (χ4n) is 2.14. The lowest BCUT2D eigenvalue weighted by Crippen LogP contribution is -2.08. The van der Waals surface area contributed by atoms with E-state index in [9.17, 15) is 4.79 Å². The molecule has 0 amide bonds. The molecule has 0 aliphatic rings. The molecule has 2 N–H and O–H groups in total. The van der Waals surface area contributed by atoms with E-state index in [2.05, 4.69) is 0 Å². The number of carbonyl (C=O) groups is 1. The number of methoxy groups -OCH3 is 2. The highest BCUT2D eigenvalue weighted by atomic mass is 35.5. The molecule has 0 radical (unpaired) electrons. The predicted octanol–water partition coefficient (Wildman–Crippen LogP) is 3.48. The van der Waals surface area contributed by atoms with Gasteiger partial charge in [0.25, 0.3) is 0 Å². The van der Waals surface area contributed by atoms with Gasteiger partial charge < -0.3 is 15.2 Å². The minimum atomic E-state index is -0.239. The molecule has 0 aliphatic heterocycles. The summed E-state index contributed by atoms with van der Waals surface area (Å²) in [5, 5.41) is 0.328. The van der Waals surface area contributed by atoms with Crippen molar-refractivity contribution in [1.82, 2.24) is 0 Å². The van der Waals surface area contributed by atoms with Crippen molar-refractivity contribution in [3.63, 3.8) is 0 Å². The Balaban J connectivity index is 2.59. The van der Waals surface area contributed by atoms with Gasteiger partial charge >= 0.3 is 0 Å². The number of halogens is 1. The summed E-state index contributed by atoms with van der Waals surface area (Å²) in [5.41, 5.74) is 7.76. The van der Waals surface area contributed by atoms with E-state index in [1.807, 2.05) is 6.92 Å². The minimum Gasteiger partial charge on any atom is -0.493 e. The third-order valence-electron chi connectivity index (χ3n) is 3.25. The molecule has 4 nitrogen and oxygen atoms in total. The maximum absolute atomic E-state index is 12.7. The van der Waals surface area contributed by atoms with Crippen molar-refractivity contribution in [2.24, 2.45) is 0 Å². The van der Waals surface area contributed by atoms with Gasteiger partial charge in [0.2, 0.25) is 0 Å². The number of benzene rings is 2. The number of aryl methyl sites for hydroxylation is 1. The van der Waals surface area contributed by atoms with Crippen LogP contribution >= 0.6 is 11.6 Å². The second kappa shape index (κ2) is 6.06. The Hall–Kier alpha value is -2.20. The van der Waals surface area contributed by atoms with E-state index in [0.717, 1.165) is 5.56 Å². The molecule has 2 rings (SSSR count). The molecule has 0 fully saturated rings. The number of anilines is 1. The summed E-state index contributed by atoms with van der Waals surface area (Å²) in [4.78, 5) is 12.7. The highest BCUT2D eigenvalue weighted by Gasteiger charge is 2.20. The van der Waals surface area contributed by atoms with Crippen LogP contribution in [0.4, 0.5) is 5.69 Å². The molecule has 21 heavy (non-hydrogen) atoms. The number of ether oxygens (including phenoxy) is 2. The van der Waals surface area contributed by atoms with E-state index in [-0.39, 0.29) is 5.78 Å². The monoisotopic (exact) mass is 305 g/mol. The molecule has 0 aromatic heterocycles. The Morgan fingerprint density at radius 1 is 1.14 bits per heavy atom. The number of rotatable bonds is 4. The minimum absolute atomic E-state index is 0.239. The van der Waals surface area contributed by atoms with Crippen LogP contribution in [0.25, 0.3) is 0 Å². The van der Waals surface area contributed by atoms with Crippen LogP contribution in [0.3, 0.4) is 0 Å². The van der Waals surface area contributed by atoms with E-state index in [4.69, 9.17) is 26.8 Å². The summed E-state index contributed by atoms with van der Waals surface area (Å²) in [7, 11) is 3.07. The van der Waals surface area contributed by atoms with Crippen molar-refractivity contribution in [2.75, 3.05) is 20.0 Å². The smallest absolute Gasteiger partial charge is 0.197 e. The van der Waals surface area contributed by atoms with E-state index in [1.165, 1.54) is 7.11 Å². The molecule has 0 unspecified atom stereocenters. The number of ketones is 1. The molecule has 110 valence electrons. The highest BCUT2D eigenvalue weighted by Crippen LogP contribution is 2.33. The number of hydrogen-bond acceptors (Lipinski definition) is 4. The van der Waals surface area contributed by atoms with Crippen molar-refractivity contribution in [3.05, 3.63) is 52.0 Å². The Kier molecular flexibility index (Phi) is 4.38. The lowest BCUT2D eigenvalue weighted by atomic mass is 9.97. The fraction of sp³-hybridized carbons (Fsp3) is 0.188. The van der Waals surface area contributed by atoms with Crippen LogP contribution in [0.5, 0.6) is 11.5 Å². The molecule has 0 atom stereocenters. The van der Waals surface area contributed by atoms with Crippen LogP contribution in [-0.4, -0.2) is 20.0 Å². The maximum Gasteiger partial charge on any atom is 0.197 e. The number of nitrogen functional groups attached to an aromatic ring is 1. The van der Waals surface area contributed by atoms with Crippen LogP contribution in [0.15, 0.2) is 30.3 Å². The zero-order valence-corrected chi connectivity index (χ0v) is 12.8. The van der Waals surface area contributed by atoms with Gasteiger partial charge in [0.1, 0.15) is 0 Å². The molecule has 0 aliphatic carbocycles. The first-order valence-corrected chi connectivity index (χ1v) is 6.68. The van der Waals surface area contributed by atoms with Gasteiger partial charge in [0.15, 0.2) is 17.3 Å². The second-order valence-electron chi connectivity index (χ2n) is 4.56. The largest absolute Gasteiger partial charge is 0.493 e. The van der Waals surface area contributed by atoms with Crippen molar-refractivity contribution < 1.29 is 14.3 Å². The lowest BCUT2D eigenvalue weighted by molar-refractivity contribution is 0.103. The molecular weight excluding hydrogens is 290 g/mol. The molecule has 0 bridgehead atoms. The molecule has 0 spiro atoms. The molecule has 5 heteroatoms. The van der Waals surface area contributed by atoms with Gasteiger partial charge in [-0.1, -0.05) is 17.7 Å². The fourth-order valence-corrected chi connectivity index (χ4v) is 2.41. The molecule has 0 heterocycles. The van der Waals surface area contributed by atoms with Crippen molar-refractivity contribution in [2.45, 2.75) is 6.92 Å². The summed E-state index contributed by atoms with van der Waals surface area (Å²) < 4.78 is 10.5. The third-order valence-corrected chi connectivity index (χ3v) is 3.56. The van der Waals surface area contributed by atoms with Crippen molar-refractivity contribution in [3.8, 4) is 11.5 Å². The third kappa shape index (κ3) is 2.81. The first-order valence-electron chi connectivity index (χ1n) is 6.31. The van der Waals surface area contributed by atoms with Crippen molar-refractivity contribution >= 4 is 23.1 Å². The van der Waals surface area contributed by atoms with Crippen molar-refractivity contribution in [1.29, 1.82) is 0 Å². The van der Waals surface area contributed by atoms with E-state index in [0.29, 0.717) is 33.3 Å². The molecular formula is C16H16ClNO3. The average Bonchev–Trinajstić information content (AvgIpc) is 2.46. The van der Waals surface area contributed by atoms with E-state index >= 15 is 0 Å². The Morgan fingerprint density at radius 2 is 1.76 bits per heavy atom. The number of carbonyl (C=O) groups excluding carboxylic acids is 1. The van der Waals surface area contributed by atoms with Gasteiger partial charge in [0.05, 0.1) is 24.8 Å². The van der Waals surface area contributed by atoms with Gasteiger partial charge in [-0.3, -0.25) is 4.79 Å². The predicted molar refractivity (Wildman–Crippen MR) is 83.6 cm³/mol. The quantitative estimate of drug-likeness (QED) is 0.694. The first kappa shape index (κ1) is 15.2. The number of nitrogens with two attached hydrogens (primary N) is 1. The summed E-state index contributed by atoms with van der Waals surface area (Å²) in [6, 6.07) is 8.38. The Labute approximate surface area is 128 Å². The Bertz CT molecular complexity index is 678. The molecule has 0 saturated carbocycles. The maximum atomic E-state index is 12.7. The van der Waals surface area contributed by atoms with Gasteiger partial charge in [-0.25, -0.2) is 0 Å². The normalized spacial score (nSPS) is 10.3. The van der Waals surface area contributed by atoms with E-state index in [1.54, 1.807) is 37.4 Å². The Morgan fingerprint density at radius 3 is 2.33 bits per heavy atom. The SMILES string of the molecule is COc1cc(C)c(C(=O)c2c(N)cccc2Cl)cc1OC. The van der Waals surface area contributed by atoms with Gasteiger partial charge in [0, 0.05) is 11.3 Å². The van der Waals surface area contributed by atoms with Crippen LogP contribution in [0.1, 0.15) is 21.5 Å². The standard InChI is InChI=1S/C16H16ClNO3/c1-9-7-13(20-2)14(21-3)8-10(9)16(19)15-11(17)5-4-6-12(15)18/h4-8H,18H2,1-3H3. The first-order chi connectivity index (χ1) is 9.99. The van der Waals surface area contributed by atoms with Crippen LogP contribution in [0.2, 0.25) is 5.02 Å². The summed E-state index contributed by atoms with van der Waals surface area (Å²) >= 11 is 6.10. The second-order valence-corrected chi connectivity index (χ2v) is 4.96. The average molecular weight is 306 g/mol. The molecule has 2 aromatic carbocycles.